The molecule has 4 heteroatoms. The van der Waals surface area contributed by atoms with Gasteiger partial charge in [-0.05, 0) is 58.0 Å². The van der Waals surface area contributed by atoms with Crippen LogP contribution in [0.15, 0.2) is 24.3 Å². The largest absolute Gasteiger partial charge is 0.325 e. The van der Waals surface area contributed by atoms with Crippen LogP contribution in [0.25, 0.3) is 0 Å². The molecule has 2 atom stereocenters. The number of carbonyl (C=O) groups excluding carboxylic acids is 1. The summed E-state index contributed by atoms with van der Waals surface area (Å²) >= 11 is 0. The van der Waals surface area contributed by atoms with E-state index in [9.17, 15) is 4.79 Å². The zero-order valence-electron chi connectivity index (χ0n) is 13.4. The number of rotatable bonds is 5. The molecule has 0 aliphatic carbocycles. The van der Waals surface area contributed by atoms with Crippen molar-refractivity contribution in [3.63, 3.8) is 0 Å². The SMILES string of the molecule is CNC(C)C1CCCCN1CC(=O)Nc1cccc(C)c1. The first-order chi connectivity index (χ1) is 10.1. The van der Waals surface area contributed by atoms with Gasteiger partial charge in [-0.15, -0.1) is 0 Å². The van der Waals surface area contributed by atoms with E-state index >= 15 is 0 Å². The molecule has 1 aliphatic rings. The van der Waals surface area contributed by atoms with Gasteiger partial charge in [0.1, 0.15) is 0 Å². The third-order valence-electron chi connectivity index (χ3n) is 4.35. The Morgan fingerprint density at radius 2 is 2.24 bits per heavy atom. The maximum Gasteiger partial charge on any atom is 0.238 e. The highest BCUT2D eigenvalue weighted by Crippen LogP contribution is 2.19. The molecule has 116 valence electrons. The average Bonchev–Trinajstić information content (AvgIpc) is 2.47. The normalized spacial score (nSPS) is 21.0. The summed E-state index contributed by atoms with van der Waals surface area (Å²) in [6.07, 6.45) is 3.61. The summed E-state index contributed by atoms with van der Waals surface area (Å²) < 4.78 is 0. The van der Waals surface area contributed by atoms with Crippen LogP contribution in [0.4, 0.5) is 5.69 Å². The Bertz CT molecular complexity index is 475. The van der Waals surface area contributed by atoms with Crippen molar-refractivity contribution in [2.75, 3.05) is 25.5 Å². The van der Waals surface area contributed by atoms with Gasteiger partial charge in [-0.3, -0.25) is 9.69 Å². The molecule has 0 bridgehead atoms. The van der Waals surface area contributed by atoms with E-state index in [1.54, 1.807) is 0 Å². The Hall–Kier alpha value is -1.39. The van der Waals surface area contributed by atoms with E-state index in [0.717, 1.165) is 17.8 Å². The van der Waals surface area contributed by atoms with Gasteiger partial charge in [0.05, 0.1) is 6.54 Å². The van der Waals surface area contributed by atoms with Crippen LogP contribution in [0, 0.1) is 6.92 Å². The van der Waals surface area contributed by atoms with Gasteiger partial charge in [-0.25, -0.2) is 0 Å². The first-order valence-electron chi connectivity index (χ1n) is 7.88. The minimum absolute atomic E-state index is 0.0794. The van der Waals surface area contributed by atoms with Crippen LogP contribution < -0.4 is 10.6 Å². The fraction of sp³-hybridized carbons (Fsp3) is 0.588. The maximum absolute atomic E-state index is 12.3. The molecule has 2 unspecified atom stereocenters. The Morgan fingerprint density at radius 3 is 2.95 bits per heavy atom. The van der Waals surface area contributed by atoms with Crippen molar-refractivity contribution < 1.29 is 4.79 Å². The first kappa shape index (κ1) is 16.0. The molecule has 0 aromatic heterocycles. The summed E-state index contributed by atoms with van der Waals surface area (Å²) in [6.45, 7) is 5.72. The fourth-order valence-corrected chi connectivity index (χ4v) is 3.08. The molecule has 1 aromatic rings. The molecule has 1 heterocycles. The highest BCUT2D eigenvalue weighted by molar-refractivity contribution is 5.92. The van der Waals surface area contributed by atoms with Gasteiger partial charge in [-0.2, -0.15) is 0 Å². The maximum atomic E-state index is 12.3. The Labute approximate surface area is 127 Å². The average molecular weight is 289 g/mol. The molecular formula is C17H27N3O. The smallest absolute Gasteiger partial charge is 0.238 e. The number of nitrogens with zero attached hydrogens (tertiary/aromatic N) is 1. The molecule has 0 radical (unpaired) electrons. The molecule has 21 heavy (non-hydrogen) atoms. The van der Waals surface area contributed by atoms with Gasteiger partial charge in [-0.1, -0.05) is 18.6 Å². The summed E-state index contributed by atoms with van der Waals surface area (Å²) in [6, 6.07) is 8.81. The van der Waals surface area contributed by atoms with Crippen LogP contribution in [0.5, 0.6) is 0 Å². The number of hydrogen-bond donors (Lipinski definition) is 2. The van der Waals surface area contributed by atoms with Crippen molar-refractivity contribution in [1.82, 2.24) is 10.2 Å². The molecule has 2 N–H and O–H groups in total. The highest BCUT2D eigenvalue weighted by Gasteiger charge is 2.27. The minimum Gasteiger partial charge on any atom is -0.325 e. The van der Waals surface area contributed by atoms with Crippen molar-refractivity contribution in [3.05, 3.63) is 29.8 Å². The van der Waals surface area contributed by atoms with Gasteiger partial charge in [0.15, 0.2) is 0 Å². The lowest BCUT2D eigenvalue weighted by molar-refractivity contribution is -0.118. The molecule has 1 saturated heterocycles. The highest BCUT2D eigenvalue weighted by atomic mass is 16.2. The third kappa shape index (κ3) is 4.55. The second-order valence-electron chi connectivity index (χ2n) is 6.03. The van der Waals surface area contributed by atoms with Gasteiger partial charge in [0, 0.05) is 17.8 Å². The fourth-order valence-electron chi connectivity index (χ4n) is 3.08. The lowest BCUT2D eigenvalue weighted by atomic mass is 9.96. The number of likely N-dealkylation sites (N-methyl/N-ethyl adjacent to an activating group) is 1. The number of amides is 1. The number of hydrogen-bond acceptors (Lipinski definition) is 3. The molecular weight excluding hydrogens is 262 g/mol. The molecule has 1 amide bonds. The topological polar surface area (TPSA) is 44.4 Å². The molecule has 2 rings (SSSR count). The number of nitrogens with one attached hydrogen (secondary N) is 2. The van der Waals surface area contributed by atoms with Crippen molar-refractivity contribution in [2.45, 2.75) is 45.2 Å². The molecule has 1 fully saturated rings. The zero-order chi connectivity index (χ0) is 15.2. The van der Waals surface area contributed by atoms with E-state index in [1.165, 1.54) is 19.3 Å². The minimum atomic E-state index is 0.0794. The number of benzene rings is 1. The van der Waals surface area contributed by atoms with Crippen LogP contribution in [0.1, 0.15) is 31.7 Å². The van der Waals surface area contributed by atoms with Crippen LogP contribution in [-0.4, -0.2) is 43.0 Å². The summed E-state index contributed by atoms with van der Waals surface area (Å²) in [5, 5.41) is 6.33. The summed E-state index contributed by atoms with van der Waals surface area (Å²) in [7, 11) is 1.99. The van der Waals surface area contributed by atoms with E-state index in [4.69, 9.17) is 0 Å². The standard InChI is InChI=1S/C17H27N3O/c1-13-7-6-8-15(11-13)19-17(21)12-20-10-5-4-9-16(20)14(2)18-3/h6-8,11,14,16,18H,4-5,9-10,12H2,1-3H3,(H,19,21). The summed E-state index contributed by atoms with van der Waals surface area (Å²) in [5.74, 6) is 0.0794. The lowest BCUT2D eigenvalue weighted by Gasteiger charge is -2.38. The number of anilines is 1. The molecule has 0 saturated carbocycles. The Kier molecular flexibility index (Phi) is 5.76. The first-order valence-corrected chi connectivity index (χ1v) is 7.88. The Morgan fingerprint density at radius 1 is 1.43 bits per heavy atom. The van der Waals surface area contributed by atoms with Crippen LogP contribution in [0.2, 0.25) is 0 Å². The number of aryl methyl sites for hydroxylation is 1. The van der Waals surface area contributed by atoms with Crippen molar-refractivity contribution in [1.29, 1.82) is 0 Å². The van der Waals surface area contributed by atoms with Crippen molar-refractivity contribution >= 4 is 11.6 Å². The van der Waals surface area contributed by atoms with Gasteiger partial charge >= 0.3 is 0 Å². The second kappa shape index (κ2) is 7.57. The van der Waals surface area contributed by atoms with Gasteiger partial charge in [0.2, 0.25) is 5.91 Å². The van der Waals surface area contributed by atoms with E-state index in [-0.39, 0.29) is 5.91 Å². The van der Waals surface area contributed by atoms with Crippen LogP contribution in [0.3, 0.4) is 0 Å². The van der Waals surface area contributed by atoms with Crippen LogP contribution >= 0.6 is 0 Å². The monoisotopic (exact) mass is 289 g/mol. The van der Waals surface area contributed by atoms with E-state index in [2.05, 4.69) is 22.5 Å². The van der Waals surface area contributed by atoms with Gasteiger partial charge in [0.25, 0.3) is 0 Å². The number of piperidine rings is 1. The summed E-state index contributed by atoms with van der Waals surface area (Å²) in [4.78, 5) is 14.6. The van der Waals surface area contributed by atoms with E-state index in [1.807, 2.05) is 38.2 Å². The zero-order valence-corrected chi connectivity index (χ0v) is 13.4. The number of likely N-dealkylation sites (tertiary alicyclic amines) is 1. The molecule has 4 nitrogen and oxygen atoms in total. The van der Waals surface area contributed by atoms with Crippen molar-refractivity contribution in [2.24, 2.45) is 0 Å². The van der Waals surface area contributed by atoms with Crippen molar-refractivity contribution in [3.8, 4) is 0 Å². The van der Waals surface area contributed by atoms with E-state index in [0.29, 0.717) is 18.6 Å². The predicted octanol–water partition coefficient (Wildman–Crippen LogP) is 2.40. The second-order valence-corrected chi connectivity index (χ2v) is 6.03. The summed E-state index contributed by atoms with van der Waals surface area (Å²) in [5.41, 5.74) is 2.04. The van der Waals surface area contributed by atoms with E-state index < -0.39 is 0 Å². The lowest BCUT2D eigenvalue weighted by Crippen LogP contribution is -2.52. The third-order valence-corrected chi connectivity index (χ3v) is 4.35. The number of carbonyl (C=O) groups is 1. The molecule has 0 spiro atoms. The van der Waals surface area contributed by atoms with Crippen LogP contribution in [-0.2, 0) is 4.79 Å². The molecule has 1 aromatic carbocycles. The Balaban J connectivity index is 1.94. The quantitative estimate of drug-likeness (QED) is 0.875. The predicted molar refractivity (Wildman–Crippen MR) is 87.5 cm³/mol. The van der Waals surface area contributed by atoms with Gasteiger partial charge < -0.3 is 10.6 Å². The molecule has 1 aliphatic heterocycles.